The van der Waals surface area contributed by atoms with E-state index in [4.69, 9.17) is 0 Å². The molecule has 6 rings (SSSR count). The van der Waals surface area contributed by atoms with Crippen molar-refractivity contribution in [1.82, 2.24) is 9.13 Å². The first kappa shape index (κ1) is 18.0. The second-order valence-corrected chi connectivity index (χ2v) is 9.09. The SMILES string of the molecule is O=Cc1ccc2c(C3CCCCC3)c3n(c2c1)CCCCn1c-3cc2ccccc21. The summed E-state index contributed by atoms with van der Waals surface area (Å²) < 4.78 is 5.09. The van der Waals surface area contributed by atoms with Gasteiger partial charge in [0.25, 0.3) is 0 Å². The van der Waals surface area contributed by atoms with Crippen molar-refractivity contribution >= 4 is 28.1 Å². The zero-order valence-electron chi connectivity index (χ0n) is 17.4. The maximum atomic E-state index is 11.6. The molecule has 3 heterocycles. The fourth-order valence-electron chi connectivity index (χ4n) is 5.97. The Bertz CT molecular complexity index is 1250. The van der Waals surface area contributed by atoms with Gasteiger partial charge in [-0.3, -0.25) is 4.79 Å². The summed E-state index contributed by atoms with van der Waals surface area (Å²) in [6.45, 7) is 2.11. The molecule has 2 aromatic heterocycles. The number of carbonyl (C=O) groups is 1. The molecule has 0 saturated heterocycles. The quantitative estimate of drug-likeness (QED) is 0.338. The van der Waals surface area contributed by atoms with Crippen molar-refractivity contribution in [3.63, 3.8) is 0 Å². The van der Waals surface area contributed by atoms with Gasteiger partial charge in [-0.2, -0.15) is 0 Å². The van der Waals surface area contributed by atoms with E-state index >= 15 is 0 Å². The fraction of sp³-hybridized carbons (Fsp3) is 0.370. The van der Waals surface area contributed by atoms with Crippen molar-refractivity contribution in [2.45, 2.75) is 64.0 Å². The average Bonchev–Trinajstić information content (AvgIpc) is 3.30. The standard InChI is InChI=1S/C27H28N2O/c30-18-19-12-13-22-24(16-19)29-15-7-6-14-28-23-11-5-4-10-21(23)17-25(28)27(29)26(22)20-8-2-1-3-9-20/h4-5,10-13,16-18,20H,1-3,6-9,14-15H2. The van der Waals surface area contributed by atoms with Crippen molar-refractivity contribution in [1.29, 1.82) is 0 Å². The summed E-state index contributed by atoms with van der Waals surface area (Å²) in [5, 5.41) is 2.69. The van der Waals surface area contributed by atoms with Gasteiger partial charge in [0.15, 0.2) is 0 Å². The molecule has 0 unspecified atom stereocenters. The minimum Gasteiger partial charge on any atom is -0.339 e. The largest absolute Gasteiger partial charge is 0.339 e. The molecular weight excluding hydrogens is 368 g/mol. The van der Waals surface area contributed by atoms with Crippen molar-refractivity contribution in [3.8, 4) is 11.4 Å². The van der Waals surface area contributed by atoms with Gasteiger partial charge in [-0.05, 0) is 55.4 Å². The lowest BCUT2D eigenvalue weighted by Crippen LogP contribution is -2.12. The number of hydrogen-bond acceptors (Lipinski definition) is 1. The molecule has 2 aliphatic rings. The van der Waals surface area contributed by atoms with Gasteiger partial charge in [0, 0.05) is 40.5 Å². The maximum absolute atomic E-state index is 11.6. The number of aromatic nitrogens is 2. The predicted octanol–water partition coefficient (Wildman–Crippen LogP) is 6.92. The highest BCUT2D eigenvalue weighted by molar-refractivity contribution is 5.97. The van der Waals surface area contributed by atoms with E-state index in [-0.39, 0.29) is 0 Å². The number of aldehydes is 1. The van der Waals surface area contributed by atoms with Gasteiger partial charge < -0.3 is 9.13 Å². The zero-order valence-corrected chi connectivity index (χ0v) is 17.4. The molecular formula is C27H28N2O. The lowest BCUT2D eigenvalue weighted by atomic mass is 9.82. The number of benzene rings is 2. The summed E-state index contributed by atoms with van der Waals surface area (Å²) >= 11 is 0. The van der Waals surface area contributed by atoms with Crippen LogP contribution in [-0.2, 0) is 13.1 Å². The van der Waals surface area contributed by atoms with Gasteiger partial charge in [-0.25, -0.2) is 0 Å². The Balaban J connectivity index is 1.72. The van der Waals surface area contributed by atoms with Crippen LogP contribution in [0.2, 0.25) is 0 Å². The lowest BCUT2D eigenvalue weighted by Gasteiger charge is -2.25. The lowest BCUT2D eigenvalue weighted by molar-refractivity contribution is 0.112. The van der Waals surface area contributed by atoms with E-state index in [1.807, 2.05) is 6.07 Å². The van der Waals surface area contributed by atoms with Gasteiger partial charge in [0.1, 0.15) is 6.29 Å². The highest BCUT2D eigenvalue weighted by Gasteiger charge is 2.29. The highest BCUT2D eigenvalue weighted by atomic mass is 16.1. The summed E-state index contributed by atoms with van der Waals surface area (Å²) in [6.07, 6.45) is 9.90. The number of fused-ring (bicyclic) bond motifs is 7. The highest BCUT2D eigenvalue weighted by Crippen LogP contribution is 2.46. The minimum atomic E-state index is 0.616. The molecule has 0 amide bonds. The minimum absolute atomic E-state index is 0.616. The normalized spacial score (nSPS) is 17.5. The molecule has 1 saturated carbocycles. The van der Waals surface area contributed by atoms with Gasteiger partial charge in [-0.15, -0.1) is 0 Å². The summed E-state index contributed by atoms with van der Waals surface area (Å²) in [5.74, 6) is 0.616. The average molecular weight is 397 g/mol. The molecule has 152 valence electrons. The third kappa shape index (κ3) is 2.68. The van der Waals surface area contributed by atoms with E-state index in [0.717, 1.165) is 31.4 Å². The van der Waals surface area contributed by atoms with E-state index in [1.54, 1.807) is 0 Å². The van der Waals surface area contributed by atoms with Crippen LogP contribution in [0.3, 0.4) is 0 Å². The Labute approximate surface area is 177 Å². The van der Waals surface area contributed by atoms with Crippen molar-refractivity contribution in [2.75, 3.05) is 0 Å². The Morgan fingerprint density at radius 2 is 1.60 bits per heavy atom. The molecule has 1 aliphatic heterocycles. The van der Waals surface area contributed by atoms with Gasteiger partial charge in [0.2, 0.25) is 0 Å². The monoisotopic (exact) mass is 396 g/mol. The molecule has 1 aliphatic carbocycles. The van der Waals surface area contributed by atoms with Crippen molar-refractivity contribution < 1.29 is 4.79 Å². The Kier molecular flexibility index (Phi) is 4.29. The molecule has 0 spiro atoms. The molecule has 0 bridgehead atoms. The second-order valence-electron chi connectivity index (χ2n) is 9.09. The summed E-state index contributed by atoms with van der Waals surface area (Å²) in [6, 6.07) is 17.5. The van der Waals surface area contributed by atoms with E-state index in [9.17, 15) is 4.79 Å². The van der Waals surface area contributed by atoms with E-state index in [1.165, 1.54) is 77.3 Å². The van der Waals surface area contributed by atoms with Crippen LogP contribution in [-0.4, -0.2) is 15.4 Å². The van der Waals surface area contributed by atoms with Gasteiger partial charge in [-0.1, -0.05) is 49.6 Å². The second kappa shape index (κ2) is 7.16. The first-order valence-electron chi connectivity index (χ1n) is 11.5. The number of rotatable bonds is 2. The van der Waals surface area contributed by atoms with Crippen molar-refractivity contribution in [2.24, 2.45) is 0 Å². The third-order valence-corrected chi connectivity index (χ3v) is 7.34. The van der Waals surface area contributed by atoms with Crippen LogP contribution in [0, 0.1) is 0 Å². The molecule has 3 nitrogen and oxygen atoms in total. The Hall–Kier alpha value is -2.81. The molecule has 0 radical (unpaired) electrons. The van der Waals surface area contributed by atoms with E-state index in [2.05, 4.69) is 51.6 Å². The summed E-state index contributed by atoms with van der Waals surface area (Å²) in [7, 11) is 0. The van der Waals surface area contributed by atoms with Crippen molar-refractivity contribution in [3.05, 3.63) is 59.7 Å². The number of carbonyl (C=O) groups excluding carboxylic acids is 1. The fourth-order valence-corrected chi connectivity index (χ4v) is 5.97. The number of hydrogen-bond donors (Lipinski definition) is 0. The Morgan fingerprint density at radius 3 is 2.43 bits per heavy atom. The smallest absolute Gasteiger partial charge is 0.150 e. The third-order valence-electron chi connectivity index (χ3n) is 7.34. The number of nitrogens with zero attached hydrogens (tertiary/aromatic N) is 2. The van der Waals surface area contributed by atoms with Crippen LogP contribution >= 0.6 is 0 Å². The molecule has 1 fully saturated rings. The van der Waals surface area contributed by atoms with Crippen LogP contribution in [0.15, 0.2) is 48.5 Å². The topological polar surface area (TPSA) is 26.9 Å². The molecule has 30 heavy (non-hydrogen) atoms. The Morgan fingerprint density at radius 1 is 0.800 bits per heavy atom. The molecule has 0 atom stereocenters. The van der Waals surface area contributed by atoms with E-state index < -0.39 is 0 Å². The van der Waals surface area contributed by atoms with Crippen LogP contribution in [0.25, 0.3) is 33.2 Å². The van der Waals surface area contributed by atoms with Crippen LogP contribution < -0.4 is 0 Å². The van der Waals surface area contributed by atoms with Gasteiger partial charge in [0.05, 0.1) is 11.4 Å². The maximum Gasteiger partial charge on any atom is 0.150 e. The zero-order chi connectivity index (χ0) is 20.1. The van der Waals surface area contributed by atoms with Crippen LogP contribution in [0.4, 0.5) is 0 Å². The first-order chi connectivity index (χ1) is 14.8. The van der Waals surface area contributed by atoms with E-state index in [0.29, 0.717) is 5.92 Å². The summed E-state index contributed by atoms with van der Waals surface area (Å²) in [4.78, 5) is 11.6. The molecule has 4 aromatic rings. The van der Waals surface area contributed by atoms with Crippen LogP contribution in [0.5, 0.6) is 0 Å². The summed E-state index contributed by atoms with van der Waals surface area (Å²) in [5.41, 5.74) is 7.67. The first-order valence-corrected chi connectivity index (χ1v) is 11.5. The molecule has 0 N–H and O–H groups in total. The number of aryl methyl sites for hydroxylation is 2. The van der Waals surface area contributed by atoms with Gasteiger partial charge >= 0.3 is 0 Å². The molecule has 2 aromatic carbocycles. The predicted molar refractivity (Wildman–Crippen MR) is 123 cm³/mol. The number of para-hydroxylation sites is 1. The molecule has 3 heteroatoms. The van der Waals surface area contributed by atoms with Crippen LogP contribution in [0.1, 0.15) is 66.8 Å².